The molecule has 1 aromatic rings. The van der Waals surface area contributed by atoms with Gasteiger partial charge in [0, 0.05) is 26.2 Å². The minimum atomic E-state index is -3.81. The molecule has 2 aliphatic rings. The molecular weight excluding hydrogens is 308 g/mol. The van der Waals surface area contributed by atoms with Crippen LogP contribution in [0.2, 0.25) is 0 Å². The van der Waals surface area contributed by atoms with Crippen LogP contribution in [0.3, 0.4) is 0 Å². The highest BCUT2D eigenvalue weighted by Gasteiger charge is 2.46. The topological polar surface area (TPSA) is 55.8 Å². The van der Waals surface area contributed by atoms with Crippen LogP contribution < -0.4 is 9.47 Å². The second kappa shape index (κ2) is 5.33. The van der Waals surface area contributed by atoms with E-state index in [-0.39, 0.29) is 34.3 Å². The molecule has 0 bridgehead atoms. The van der Waals surface area contributed by atoms with Gasteiger partial charge >= 0.3 is 6.29 Å². The highest BCUT2D eigenvalue weighted by Crippen LogP contribution is 2.44. The lowest BCUT2D eigenvalue weighted by molar-refractivity contribution is -0.286. The van der Waals surface area contributed by atoms with Crippen LogP contribution in [0.1, 0.15) is 23.2 Å². The SMILES string of the molecule is CN(C)C=C(C(=O)c1cccc2c1OC(F)(F)O2)C(=O)C1CC1. The van der Waals surface area contributed by atoms with E-state index < -0.39 is 12.1 Å². The molecule has 1 fully saturated rings. The van der Waals surface area contributed by atoms with Crippen molar-refractivity contribution in [3.05, 3.63) is 35.5 Å². The minimum Gasteiger partial charge on any atom is -0.395 e. The van der Waals surface area contributed by atoms with Crippen LogP contribution in [0.4, 0.5) is 8.78 Å². The maximum atomic E-state index is 13.2. The van der Waals surface area contributed by atoms with Crippen LogP contribution in [0.5, 0.6) is 11.5 Å². The minimum absolute atomic E-state index is 0.0373. The molecule has 0 saturated heterocycles. The number of alkyl halides is 2. The predicted molar refractivity (Wildman–Crippen MR) is 76.5 cm³/mol. The lowest BCUT2D eigenvalue weighted by Gasteiger charge is -2.12. The van der Waals surface area contributed by atoms with Gasteiger partial charge in [-0.25, -0.2) is 0 Å². The van der Waals surface area contributed by atoms with Gasteiger partial charge in [0.1, 0.15) is 0 Å². The Morgan fingerprint density at radius 2 is 1.96 bits per heavy atom. The quantitative estimate of drug-likeness (QED) is 0.361. The Labute approximate surface area is 131 Å². The third-order valence-electron chi connectivity index (χ3n) is 3.52. The van der Waals surface area contributed by atoms with Crippen molar-refractivity contribution in [1.82, 2.24) is 4.90 Å². The zero-order valence-corrected chi connectivity index (χ0v) is 12.6. The van der Waals surface area contributed by atoms with E-state index in [1.54, 1.807) is 19.0 Å². The third-order valence-corrected chi connectivity index (χ3v) is 3.52. The summed E-state index contributed by atoms with van der Waals surface area (Å²) in [6, 6.07) is 4.03. The van der Waals surface area contributed by atoms with Crippen molar-refractivity contribution in [3.63, 3.8) is 0 Å². The predicted octanol–water partition coefficient (Wildman–Crippen LogP) is 2.62. The fourth-order valence-electron chi connectivity index (χ4n) is 2.35. The van der Waals surface area contributed by atoms with E-state index in [4.69, 9.17) is 0 Å². The summed E-state index contributed by atoms with van der Waals surface area (Å²) in [4.78, 5) is 26.6. The zero-order valence-electron chi connectivity index (χ0n) is 12.6. The zero-order chi connectivity index (χ0) is 16.8. The maximum absolute atomic E-state index is 13.2. The van der Waals surface area contributed by atoms with E-state index in [9.17, 15) is 18.4 Å². The number of halogens is 2. The second-order valence-corrected chi connectivity index (χ2v) is 5.77. The number of hydrogen-bond acceptors (Lipinski definition) is 5. The van der Waals surface area contributed by atoms with Gasteiger partial charge in [0.25, 0.3) is 0 Å². The molecule has 122 valence electrons. The van der Waals surface area contributed by atoms with Crippen LogP contribution in [0, 0.1) is 5.92 Å². The van der Waals surface area contributed by atoms with E-state index in [0.717, 1.165) is 12.8 Å². The Bertz CT molecular complexity index is 708. The van der Waals surface area contributed by atoms with Gasteiger partial charge < -0.3 is 14.4 Å². The molecule has 7 heteroatoms. The average Bonchev–Trinajstić information content (AvgIpc) is 3.24. The van der Waals surface area contributed by atoms with Gasteiger partial charge in [0.15, 0.2) is 17.3 Å². The monoisotopic (exact) mass is 323 g/mol. The molecule has 1 aliphatic heterocycles. The smallest absolute Gasteiger partial charge is 0.395 e. The van der Waals surface area contributed by atoms with Crippen LogP contribution in [0.25, 0.3) is 0 Å². The van der Waals surface area contributed by atoms with Gasteiger partial charge in [-0.1, -0.05) is 6.07 Å². The van der Waals surface area contributed by atoms with Gasteiger partial charge in [-0.2, -0.15) is 0 Å². The fraction of sp³-hybridized carbons (Fsp3) is 0.375. The molecule has 23 heavy (non-hydrogen) atoms. The van der Waals surface area contributed by atoms with E-state index in [1.165, 1.54) is 24.4 Å². The number of para-hydroxylation sites is 1. The Kier molecular flexibility index (Phi) is 3.58. The fourth-order valence-corrected chi connectivity index (χ4v) is 2.35. The number of benzene rings is 1. The molecule has 1 heterocycles. The summed E-state index contributed by atoms with van der Waals surface area (Å²) in [7, 11) is 3.35. The number of ether oxygens (including phenoxy) is 2. The largest absolute Gasteiger partial charge is 0.586 e. The molecule has 0 spiro atoms. The second-order valence-electron chi connectivity index (χ2n) is 5.77. The van der Waals surface area contributed by atoms with E-state index in [1.807, 2.05) is 0 Å². The Morgan fingerprint density at radius 1 is 1.26 bits per heavy atom. The van der Waals surface area contributed by atoms with Crippen LogP contribution >= 0.6 is 0 Å². The van der Waals surface area contributed by atoms with Crippen molar-refractivity contribution in [2.75, 3.05) is 14.1 Å². The molecule has 0 unspecified atom stereocenters. The van der Waals surface area contributed by atoms with Crippen molar-refractivity contribution < 1.29 is 27.8 Å². The Morgan fingerprint density at radius 3 is 2.57 bits per heavy atom. The number of rotatable bonds is 5. The number of Topliss-reactive ketones (excluding diaryl/α,β-unsaturated/α-hetero) is 2. The molecular formula is C16H15F2NO4. The molecule has 5 nitrogen and oxygen atoms in total. The van der Waals surface area contributed by atoms with Crippen molar-refractivity contribution in [2.45, 2.75) is 19.1 Å². The highest BCUT2D eigenvalue weighted by atomic mass is 19.3. The summed E-state index contributed by atoms with van der Waals surface area (Å²) in [6.07, 6.45) is -0.927. The summed E-state index contributed by atoms with van der Waals surface area (Å²) in [5.74, 6) is -1.64. The van der Waals surface area contributed by atoms with Crippen LogP contribution in [0.15, 0.2) is 30.0 Å². The molecule has 0 aromatic heterocycles. The van der Waals surface area contributed by atoms with Crippen LogP contribution in [-0.4, -0.2) is 36.9 Å². The first-order valence-electron chi connectivity index (χ1n) is 7.14. The van der Waals surface area contributed by atoms with E-state index in [2.05, 4.69) is 9.47 Å². The van der Waals surface area contributed by atoms with Crippen LogP contribution in [-0.2, 0) is 4.79 Å². The lowest BCUT2D eigenvalue weighted by Crippen LogP contribution is -2.26. The van der Waals surface area contributed by atoms with Crippen molar-refractivity contribution in [1.29, 1.82) is 0 Å². The van der Waals surface area contributed by atoms with Crippen molar-refractivity contribution in [2.24, 2.45) is 5.92 Å². The summed E-state index contributed by atoms with van der Waals surface area (Å²) >= 11 is 0. The molecule has 0 radical (unpaired) electrons. The summed E-state index contributed by atoms with van der Waals surface area (Å²) in [5, 5.41) is 0. The summed E-state index contributed by atoms with van der Waals surface area (Å²) in [6.45, 7) is 0. The van der Waals surface area contributed by atoms with E-state index >= 15 is 0 Å². The van der Waals surface area contributed by atoms with Gasteiger partial charge in [0.05, 0.1) is 11.1 Å². The number of ketones is 2. The number of fused-ring (bicyclic) bond motifs is 1. The summed E-state index contributed by atoms with van der Waals surface area (Å²) < 4.78 is 35.3. The third kappa shape index (κ3) is 3.04. The lowest BCUT2D eigenvalue weighted by atomic mass is 9.97. The standard InChI is InChI=1S/C16H15F2NO4/c1-19(2)8-11(13(20)9-6-7-9)14(21)10-4-3-5-12-15(10)23-16(17,18)22-12/h3-5,8-9H,6-7H2,1-2H3. The number of hydrogen-bond donors (Lipinski definition) is 0. The van der Waals surface area contributed by atoms with E-state index in [0.29, 0.717) is 0 Å². The average molecular weight is 323 g/mol. The normalized spacial score (nSPS) is 18.7. The molecule has 0 atom stereocenters. The number of nitrogens with zero attached hydrogens (tertiary/aromatic N) is 1. The molecule has 1 aromatic carbocycles. The van der Waals surface area contributed by atoms with Gasteiger partial charge in [-0.3, -0.25) is 9.59 Å². The molecule has 3 rings (SSSR count). The molecule has 0 N–H and O–H groups in total. The van der Waals surface area contributed by atoms with Gasteiger partial charge in [-0.15, -0.1) is 8.78 Å². The van der Waals surface area contributed by atoms with Gasteiger partial charge in [0.2, 0.25) is 5.78 Å². The maximum Gasteiger partial charge on any atom is 0.586 e. The van der Waals surface area contributed by atoms with Crippen molar-refractivity contribution >= 4 is 11.6 Å². The molecule has 1 saturated carbocycles. The number of allylic oxidation sites excluding steroid dienone is 1. The number of carbonyl (C=O) groups excluding carboxylic acids is 2. The highest BCUT2D eigenvalue weighted by molar-refractivity contribution is 6.28. The Hall–Kier alpha value is -2.44. The number of carbonyl (C=O) groups is 2. The van der Waals surface area contributed by atoms with Crippen molar-refractivity contribution in [3.8, 4) is 11.5 Å². The first-order chi connectivity index (χ1) is 10.8. The molecule has 0 amide bonds. The Balaban J connectivity index is 1.99. The molecule has 1 aliphatic carbocycles. The summed E-state index contributed by atoms with van der Waals surface area (Å²) in [5.41, 5.74) is -0.147. The van der Waals surface area contributed by atoms with Gasteiger partial charge in [-0.05, 0) is 25.0 Å². The first-order valence-corrected chi connectivity index (χ1v) is 7.14. The first kappa shape index (κ1) is 15.5.